The fourth-order valence-electron chi connectivity index (χ4n) is 1.55. The van der Waals surface area contributed by atoms with E-state index >= 15 is 0 Å². The van der Waals surface area contributed by atoms with Crippen LogP contribution in [0.3, 0.4) is 0 Å². The maximum atomic E-state index is 10.9. The Balaban J connectivity index is 2.99. The van der Waals surface area contributed by atoms with Gasteiger partial charge in [0.1, 0.15) is 0 Å². The van der Waals surface area contributed by atoms with Crippen molar-refractivity contribution >= 4 is 11.4 Å². The fourth-order valence-corrected chi connectivity index (χ4v) is 1.55. The summed E-state index contributed by atoms with van der Waals surface area (Å²) in [6, 6.07) is 4.86. The predicted octanol–water partition coefficient (Wildman–Crippen LogP) is 2.73. The van der Waals surface area contributed by atoms with Gasteiger partial charge < -0.3 is 10.4 Å². The largest absolute Gasteiger partial charge is 0.388 e. The number of aryl methyl sites for hydroxylation is 1. The van der Waals surface area contributed by atoms with Gasteiger partial charge in [-0.3, -0.25) is 10.1 Å². The molecule has 0 heterocycles. The Morgan fingerprint density at radius 2 is 2.11 bits per heavy atom. The Morgan fingerprint density at radius 1 is 1.50 bits per heavy atom. The molecule has 1 unspecified atom stereocenters. The van der Waals surface area contributed by atoms with Crippen molar-refractivity contribution in [1.29, 1.82) is 0 Å². The lowest BCUT2D eigenvalue weighted by Gasteiger charge is -2.27. The average molecular weight is 252 g/mol. The lowest BCUT2D eigenvalue weighted by atomic mass is 10.0. The van der Waals surface area contributed by atoms with E-state index in [2.05, 4.69) is 5.32 Å². The van der Waals surface area contributed by atoms with Crippen LogP contribution in [0.1, 0.15) is 33.3 Å². The summed E-state index contributed by atoms with van der Waals surface area (Å²) in [4.78, 5) is 10.6. The Kier molecular flexibility index (Phi) is 4.29. The molecule has 0 bridgehead atoms. The van der Waals surface area contributed by atoms with Crippen molar-refractivity contribution in [2.45, 2.75) is 45.8 Å². The second-order valence-electron chi connectivity index (χ2n) is 4.97. The predicted molar refractivity (Wildman–Crippen MR) is 71.9 cm³/mol. The summed E-state index contributed by atoms with van der Waals surface area (Å²) in [5, 5.41) is 23.8. The molecule has 0 amide bonds. The quantitative estimate of drug-likeness (QED) is 0.624. The Morgan fingerprint density at radius 3 is 2.56 bits per heavy atom. The van der Waals surface area contributed by atoms with Gasteiger partial charge in [0.2, 0.25) is 0 Å². The lowest BCUT2D eigenvalue weighted by molar-refractivity contribution is -0.385. The smallest absolute Gasteiger partial charge is 0.274 e. The van der Waals surface area contributed by atoms with Crippen LogP contribution in [-0.2, 0) is 6.42 Å². The van der Waals surface area contributed by atoms with Crippen molar-refractivity contribution in [2.75, 3.05) is 5.32 Å². The molecule has 1 aromatic rings. The minimum Gasteiger partial charge on any atom is -0.388 e. The first-order valence-corrected chi connectivity index (χ1v) is 6.02. The van der Waals surface area contributed by atoms with Gasteiger partial charge in [-0.25, -0.2) is 0 Å². The zero-order valence-corrected chi connectivity index (χ0v) is 11.2. The summed E-state index contributed by atoms with van der Waals surface area (Å²) in [6.07, 6.45) is 0.623. The fraction of sp³-hybridized carbons (Fsp3) is 0.538. The number of anilines is 1. The van der Waals surface area contributed by atoms with Crippen molar-refractivity contribution in [1.82, 2.24) is 0 Å². The van der Waals surface area contributed by atoms with Gasteiger partial charge in [0.15, 0.2) is 0 Å². The molecule has 0 aliphatic rings. The van der Waals surface area contributed by atoms with Crippen LogP contribution in [0.5, 0.6) is 0 Å². The van der Waals surface area contributed by atoms with Gasteiger partial charge in [-0.2, -0.15) is 0 Å². The van der Waals surface area contributed by atoms with Crippen LogP contribution >= 0.6 is 0 Å². The van der Waals surface area contributed by atoms with E-state index in [1.54, 1.807) is 26.0 Å². The number of nitro benzene ring substituents is 1. The van der Waals surface area contributed by atoms with Crippen molar-refractivity contribution in [3.8, 4) is 0 Å². The molecule has 0 spiro atoms. The average Bonchev–Trinajstić information content (AvgIpc) is 2.27. The van der Waals surface area contributed by atoms with E-state index in [0.29, 0.717) is 17.7 Å². The molecule has 18 heavy (non-hydrogen) atoms. The normalized spacial score (nSPS) is 13.2. The molecule has 0 fully saturated rings. The first-order chi connectivity index (χ1) is 8.25. The van der Waals surface area contributed by atoms with E-state index < -0.39 is 5.60 Å². The summed E-state index contributed by atoms with van der Waals surface area (Å²) in [5.74, 6) is 0. The number of benzene rings is 1. The van der Waals surface area contributed by atoms with Gasteiger partial charge in [-0.15, -0.1) is 0 Å². The number of nitrogens with one attached hydrogen (secondary N) is 1. The van der Waals surface area contributed by atoms with E-state index in [0.717, 1.165) is 0 Å². The summed E-state index contributed by atoms with van der Waals surface area (Å²) < 4.78 is 0. The van der Waals surface area contributed by atoms with Gasteiger partial charge in [-0.1, -0.05) is 13.0 Å². The van der Waals surface area contributed by atoms with Crippen LogP contribution < -0.4 is 5.32 Å². The molecule has 0 saturated heterocycles. The number of nitrogens with zero attached hydrogens (tertiary/aromatic N) is 1. The maximum absolute atomic E-state index is 10.9. The number of rotatable bonds is 5. The van der Waals surface area contributed by atoms with Crippen LogP contribution in [0.15, 0.2) is 18.2 Å². The first kappa shape index (κ1) is 14.4. The summed E-state index contributed by atoms with van der Waals surface area (Å²) in [5.41, 5.74) is 0.582. The van der Waals surface area contributed by atoms with Gasteiger partial charge >= 0.3 is 0 Å². The Labute approximate surface area is 107 Å². The molecule has 0 radical (unpaired) electrons. The molecule has 1 aromatic carbocycles. The van der Waals surface area contributed by atoms with Gasteiger partial charge in [0.05, 0.1) is 16.6 Å². The van der Waals surface area contributed by atoms with E-state index in [-0.39, 0.29) is 16.7 Å². The molecule has 0 saturated carbocycles. The number of hydrogen-bond donors (Lipinski definition) is 2. The number of aliphatic hydroxyl groups is 1. The molecule has 5 heteroatoms. The Hall–Kier alpha value is -1.62. The first-order valence-electron chi connectivity index (χ1n) is 6.02. The molecule has 0 aliphatic carbocycles. The highest BCUT2D eigenvalue weighted by Gasteiger charge is 2.23. The minimum absolute atomic E-state index is 0.116. The van der Waals surface area contributed by atoms with Gasteiger partial charge in [-0.05, 0) is 33.3 Å². The van der Waals surface area contributed by atoms with Crippen LogP contribution in [-0.4, -0.2) is 21.7 Å². The van der Waals surface area contributed by atoms with E-state index in [1.807, 2.05) is 13.8 Å². The highest BCUT2D eigenvalue weighted by atomic mass is 16.6. The van der Waals surface area contributed by atoms with Crippen molar-refractivity contribution < 1.29 is 10.0 Å². The second-order valence-corrected chi connectivity index (χ2v) is 4.97. The minimum atomic E-state index is -0.891. The van der Waals surface area contributed by atoms with Crippen molar-refractivity contribution in [3.05, 3.63) is 33.9 Å². The van der Waals surface area contributed by atoms with E-state index in [1.165, 1.54) is 6.07 Å². The molecule has 1 rings (SSSR count). The summed E-state index contributed by atoms with van der Waals surface area (Å²) in [6.45, 7) is 7.10. The molecule has 2 N–H and O–H groups in total. The lowest BCUT2D eigenvalue weighted by Crippen LogP contribution is -2.39. The molecular formula is C13H20N2O3. The van der Waals surface area contributed by atoms with Crippen LogP contribution in [0.2, 0.25) is 0 Å². The molecule has 5 nitrogen and oxygen atoms in total. The van der Waals surface area contributed by atoms with Crippen LogP contribution in [0.25, 0.3) is 0 Å². The monoisotopic (exact) mass is 252 g/mol. The number of hydrogen-bond acceptors (Lipinski definition) is 4. The van der Waals surface area contributed by atoms with Crippen LogP contribution in [0.4, 0.5) is 11.4 Å². The maximum Gasteiger partial charge on any atom is 0.274 e. The van der Waals surface area contributed by atoms with Gasteiger partial charge in [0.25, 0.3) is 5.69 Å². The van der Waals surface area contributed by atoms with Crippen LogP contribution in [0, 0.1) is 10.1 Å². The zero-order chi connectivity index (χ0) is 13.9. The molecule has 100 valence electrons. The molecule has 1 atom stereocenters. The standard InChI is InChI=1S/C13H20N2O3/c1-5-10-6-7-11(8-12(10)15(17)18)14-9(2)13(3,4)16/h6-9,14,16H,5H2,1-4H3. The third-order valence-electron chi connectivity index (χ3n) is 3.11. The van der Waals surface area contributed by atoms with E-state index in [9.17, 15) is 15.2 Å². The second kappa shape index (κ2) is 5.35. The zero-order valence-electron chi connectivity index (χ0n) is 11.2. The van der Waals surface area contributed by atoms with E-state index in [4.69, 9.17) is 0 Å². The Bertz CT molecular complexity index is 438. The third-order valence-corrected chi connectivity index (χ3v) is 3.11. The van der Waals surface area contributed by atoms with Gasteiger partial charge in [0, 0.05) is 17.3 Å². The topological polar surface area (TPSA) is 75.4 Å². The highest BCUT2D eigenvalue weighted by molar-refractivity contribution is 5.55. The number of nitro groups is 1. The summed E-state index contributed by atoms with van der Waals surface area (Å²) >= 11 is 0. The highest BCUT2D eigenvalue weighted by Crippen LogP contribution is 2.25. The summed E-state index contributed by atoms with van der Waals surface area (Å²) in [7, 11) is 0. The third kappa shape index (κ3) is 3.43. The van der Waals surface area contributed by atoms with Crippen molar-refractivity contribution in [3.63, 3.8) is 0 Å². The molecular weight excluding hydrogens is 232 g/mol. The molecule has 0 aromatic heterocycles. The molecule has 0 aliphatic heterocycles. The SMILES string of the molecule is CCc1ccc(NC(C)C(C)(C)O)cc1[N+](=O)[O-]. The van der Waals surface area contributed by atoms with Crippen molar-refractivity contribution in [2.24, 2.45) is 0 Å².